The Morgan fingerprint density at radius 3 is 2.75 bits per heavy atom. The third-order valence-electron chi connectivity index (χ3n) is 2.43. The molecule has 0 aliphatic carbocycles. The minimum atomic E-state index is -0.339. The molecule has 0 aliphatic heterocycles. The van der Waals surface area contributed by atoms with E-state index in [-0.39, 0.29) is 12.5 Å². The lowest BCUT2D eigenvalue weighted by Crippen LogP contribution is -2.12. The van der Waals surface area contributed by atoms with Crippen LogP contribution in [0.2, 0.25) is 5.02 Å². The number of nitrogens with one attached hydrogen (secondary N) is 1. The van der Waals surface area contributed by atoms with Crippen molar-refractivity contribution in [3.8, 4) is 11.8 Å². The number of pyridine rings is 1. The normalized spacial score (nSPS) is 9.60. The molecule has 20 heavy (non-hydrogen) atoms. The first-order valence-corrected chi connectivity index (χ1v) is 6.09. The Balaban J connectivity index is 2.05. The molecule has 1 aromatic carbocycles. The second-order valence-corrected chi connectivity index (χ2v) is 4.19. The van der Waals surface area contributed by atoms with Crippen molar-refractivity contribution in [3.05, 3.63) is 53.3 Å². The summed E-state index contributed by atoms with van der Waals surface area (Å²) in [7, 11) is 0. The smallest absolute Gasteiger partial charge is 0.258 e. The number of carbonyl (C=O) groups is 1. The van der Waals surface area contributed by atoms with Crippen LogP contribution in [0, 0.1) is 11.3 Å². The number of nitrogens with zero attached hydrogens (tertiary/aromatic N) is 2. The highest BCUT2D eigenvalue weighted by Gasteiger charge is 2.10. The van der Waals surface area contributed by atoms with Crippen LogP contribution in [0.5, 0.6) is 5.75 Å². The highest BCUT2D eigenvalue weighted by molar-refractivity contribution is 6.34. The van der Waals surface area contributed by atoms with E-state index in [9.17, 15) is 4.79 Å². The summed E-state index contributed by atoms with van der Waals surface area (Å²) in [4.78, 5) is 15.8. The summed E-state index contributed by atoms with van der Waals surface area (Å²) in [6.45, 7) is -0.0169. The van der Waals surface area contributed by atoms with E-state index in [4.69, 9.17) is 21.6 Å². The van der Waals surface area contributed by atoms with Crippen LogP contribution in [0.15, 0.2) is 42.7 Å². The molecule has 0 saturated heterocycles. The van der Waals surface area contributed by atoms with Gasteiger partial charge in [0.05, 0.1) is 10.6 Å². The van der Waals surface area contributed by atoms with Gasteiger partial charge in [0.2, 0.25) is 0 Å². The minimum Gasteiger partial charge on any atom is -0.479 e. The number of rotatable bonds is 4. The number of hydrogen-bond acceptors (Lipinski definition) is 4. The lowest BCUT2D eigenvalue weighted by atomic mass is 10.2. The van der Waals surface area contributed by atoms with E-state index in [0.717, 1.165) is 0 Å². The summed E-state index contributed by atoms with van der Waals surface area (Å²) in [6.07, 6.45) is 2.92. The van der Waals surface area contributed by atoms with Gasteiger partial charge in [0.15, 0.2) is 6.61 Å². The van der Waals surface area contributed by atoms with Gasteiger partial charge in [0, 0.05) is 18.1 Å². The Bertz CT molecular complexity index is 650. The highest BCUT2D eigenvalue weighted by Crippen LogP contribution is 2.18. The Labute approximate surface area is 120 Å². The van der Waals surface area contributed by atoms with Crippen molar-refractivity contribution in [3.63, 3.8) is 0 Å². The Morgan fingerprint density at radius 1 is 1.35 bits per heavy atom. The van der Waals surface area contributed by atoms with E-state index in [2.05, 4.69) is 10.3 Å². The highest BCUT2D eigenvalue weighted by atomic mass is 35.5. The predicted octanol–water partition coefficient (Wildman–Crippen LogP) is 2.89. The fraction of sp³-hybridized carbons (Fsp3) is 0.0714. The van der Waals surface area contributed by atoms with Crippen molar-refractivity contribution in [2.75, 3.05) is 11.9 Å². The molecule has 2 aromatic rings. The molecule has 0 bridgehead atoms. The molecule has 1 heterocycles. The molecule has 1 N–H and O–H groups in total. The fourth-order valence-corrected chi connectivity index (χ4v) is 1.68. The van der Waals surface area contributed by atoms with Crippen molar-refractivity contribution >= 4 is 23.2 Å². The molecule has 5 nitrogen and oxygen atoms in total. The number of benzene rings is 1. The van der Waals surface area contributed by atoms with Crippen LogP contribution in [-0.4, -0.2) is 17.5 Å². The maximum atomic E-state index is 12.0. The lowest BCUT2D eigenvalue weighted by Gasteiger charge is -2.07. The number of hydrogen-bond donors (Lipinski definition) is 1. The Kier molecular flexibility index (Phi) is 4.53. The zero-order chi connectivity index (χ0) is 14.4. The number of anilines is 1. The molecule has 2 rings (SSSR count). The Hall–Kier alpha value is -2.58. The van der Waals surface area contributed by atoms with Crippen LogP contribution >= 0.6 is 11.6 Å². The average molecular weight is 288 g/mol. The van der Waals surface area contributed by atoms with Crippen LogP contribution < -0.4 is 10.1 Å². The molecular weight excluding hydrogens is 278 g/mol. The van der Waals surface area contributed by atoms with Gasteiger partial charge in [0.1, 0.15) is 11.8 Å². The SMILES string of the molecule is N#CCOc1ccc(NC(=O)c2cnccc2Cl)cc1. The molecule has 0 radical (unpaired) electrons. The zero-order valence-electron chi connectivity index (χ0n) is 10.3. The monoisotopic (exact) mass is 287 g/mol. The van der Waals surface area contributed by atoms with Gasteiger partial charge in [-0.1, -0.05) is 11.6 Å². The number of amides is 1. The molecule has 0 spiro atoms. The third kappa shape index (κ3) is 3.46. The molecule has 0 fully saturated rings. The maximum Gasteiger partial charge on any atom is 0.258 e. The van der Waals surface area contributed by atoms with Gasteiger partial charge in [-0.05, 0) is 30.3 Å². The molecule has 1 amide bonds. The number of carbonyl (C=O) groups excluding carboxylic acids is 1. The topological polar surface area (TPSA) is 75.0 Å². The van der Waals surface area contributed by atoms with Crippen LogP contribution in [0.1, 0.15) is 10.4 Å². The number of nitriles is 1. The molecule has 100 valence electrons. The third-order valence-corrected chi connectivity index (χ3v) is 2.76. The second-order valence-electron chi connectivity index (χ2n) is 3.78. The predicted molar refractivity (Wildman–Crippen MR) is 74.8 cm³/mol. The Morgan fingerprint density at radius 2 is 2.10 bits per heavy atom. The summed E-state index contributed by atoms with van der Waals surface area (Å²) in [5.41, 5.74) is 0.901. The molecule has 0 aliphatic rings. The quantitative estimate of drug-likeness (QED) is 0.938. The average Bonchev–Trinajstić information content (AvgIpc) is 2.47. The largest absolute Gasteiger partial charge is 0.479 e. The van der Waals surface area contributed by atoms with Crippen molar-refractivity contribution in [1.82, 2.24) is 4.98 Å². The lowest BCUT2D eigenvalue weighted by molar-refractivity contribution is 0.102. The summed E-state index contributed by atoms with van der Waals surface area (Å²) in [6, 6.07) is 10.1. The molecule has 6 heteroatoms. The van der Waals surface area contributed by atoms with Gasteiger partial charge in [-0.25, -0.2) is 0 Å². The first-order chi connectivity index (χ1) is 9.70. The van der Waals surface area contributed by atoms with Crippen molar-refractivity contribution < 1.29 is 9.53 Å². The van der Waals surface area contributed by atoms with Gasteiger partial charge in [-0.15, -0.1) is 0 Å². The van der Waals surface area contributed by atoms with Crippen LogP contribution in [0.4, 0.5) is 5.69 Å². The van der Waals surface area contributed by atoms with E-state index < -0.39 is 0 Å². The van der Waals surface area contributed by atoms with Gasteiger partial charge < -0.3 is 10.1 Å². The van der Waals surface area contributed by atoms with Crippen molar-refractivity contribution in [2.24, 2.45) is 0 Å². The molecule has 0 unspecified atom stereocenters. The van der Waals surface area contributed by atoms with E-state index in [1.165, 1.54) is 12.4 Å². The van der Waals surface area contributed by atoms with E-state index in [0.29, 0.717) is 22.0 Å². The van der Waals surface area contributed by atoms with Crippen molar-refractivity contribution in [2.45, 2.75) is 0 Å². The standard InChI is InChI=1S/C14H10ClN3O2/c15-13-5-7-17-9-12(13)14(19)18-10-1-3-11(4-2-10)20-8-6-16/h1-5,7,9H,8H2,(H,18,19). The molecule has 0 atom stereocenters. The fourth-order valence-electron chi connectivity index (χ4n) is 1.49. The molecule has 1 aromatic heterocycles. The van der Waals surface area contributed by atoms with E-state index in [1.54, 1.807) is 30.3 Å². The maximum absolute atomic E-state index is 12.0. The van der Waals surface area contributed by atoms with Crippen LogP contribution in [-0.2, 0) is 0 Å². The molecular formula is C14H10ClN3O2. The number of ether oxygens (including phenoxy) is 1. The van der Waals surface area contributed by atoms with Crippen LogP contribution in [0.3, 0.4) is 0 Å². The van der Waals surface area contributed by atoms with E-state index >= 15 is 0 Å². The first kappa shape index (κ1) is 13.8. The summed E-state index contributed by atoms with van der Waals surface area (Å²) in [5, 5.41) is 11.4. The summed E-state index contributed by atoms with van der Waals surface area (Å²) in [5.74, 6) is 0.220. The van der Waals surface area contributed by atoms with Gasteiger partial charge in [0.25, 0.3) is 5.91 Å². The van der Waals surface area contributed by atoms with E-state index in [1.807, 2.05) is 6.07 Å². The van der Waals surface area contributed by atoms with Crippen molar-refractivity contribution in [1.29, 1.82) is 5.26 Å². The van der Waals surface area contributed by atoms with Gasteiger partial charge in [-0.2, -0.15) is 5.26 Å². The number of aromatic nitrogens is 1. The van der Waals surface area contributed by atoms with Crippen LogP contribution in [0.25, 0.3) is 0 Å². The first-order valence-electron chi connectivity index (χ1n) is 5.71. The van der Waals surface area contributed by atoms with Gasteiger partial charge >= 0.3 is 0 Å². The molecule has 0 saturated carbocycles. The zero-order valence-corrected chi connectivity index (χ0v) is 11.1. The summed E-state index contributed by atoms with van der Waals surface area (Å²) >= 11 is 5.92. The number of halogens is 1. The minimum absolute atomic E-state index is 0.0169. The summed E-state index contributed by atoms with van der Waals surface area (Å²) < 4.78 is 5.11. The van der Waals surface area contributed by atoms with Gasteiger partial charge in [-0.3, -0.25) is 9.78 Å². The second kappa shape index (κ2) is 6.55.